The molecule has 0 amide bonds. The zero-order valence-electron chi connectivity index (χ0n) is 10.4. The maximum Gasteiger partial charge on any atom is 0.0541 e. The Balaban J connectivity index is 2.13. The Labute approximate surface area is 94.1 Å². The molecule has 1 fully saturated rings. The molecule has 1 aliphatic carbocycles. The molecule has 3 nitrogen and oxygen atoms in total. The molecule has 0 unspecified atom stereocenters. The van der Waals surface area contributed by atoms with Crippen LogP contribution < -0.4 is 0 Å². The molecule has 1 aliphatic rings. The fourth-order valence-corrected chi connectivity index (χ4v) is 2.32. The van der Waals surface area contributed by atoms with Crippen LogP contribution in [0.1, 0.15) is 32.1 Å². The zero-order valence-corrected chi connectivity index (χ0v) is 10.4. The summed E-state index contributed by atoms with van der Waals surface area (Å²) in [6.45, 7) is 2.35. The van der Waals surface area contributed by atoms with Crippen molar-refractivity contribution < 1.29 is 5.11 Å². The third-order valence-corrected chi connectivity index (χ3v) is 3.41. The maximum absolute atomic E-state index is 9.43. The Hall–Kier alpha value is -0.120. The van der Waals surface area contributed by atoms with E-state index in [0.717, 1.165) is 12.8 Å². The SMILES string of the molecule is CN(C)CCCN(C)C1CCC(O)CC1. The Morgan fingerprint density at radius 3 is 2.13 bits per heavy atom. The van der Waals surface area contributed by atoms with E-state index in [1.165, 1.54) is 32.4 Å². The number of rotatable bonds is 5. The van der Waals surface area contributed by atoms with Crippen molar-refractivity contribution in [1.82, 2.24) is 9.80 Å². The summed E-state index contributed by atoms with van der Waals surface area (Å²) in [5.74, 6) is 0. The molecule has 1 N–H and O–H groups in total. The van der Waals surface area contributed by atoms with Crippen LogP contribution in [0.15, 0.2) is 0 Å². The molecule has 15 heavy (non-hydrogen) atoms. The summed E-state index contributed by atoms with van der Waals surface area (Å²) in [5, 5.41) is 9.43. The lowest BCUT2D eigenvalue weighted by Gasteiger charge is -2.33. The first-order valence-corrected chi connectivity index (χ1v) is 6.12. The molecule has 0 atom stereocenters. The zero-order chi connectivity index (χ0) is 11.3. The van der Waals surface area contributed by atoms with Gasteiger partial charge < -0.3 is 14.9 Å². The van der Waals surface area contributed by atoms with E-state index in [9.17, 15) is 5.11 Å². The predicted molar refractivity (Wildman–Crippen MR) is 64.1 cm³/mol. The fraction of sp³-hybridized carbons (Fsp3) is 1.00. The molecule has 0 aliphatic heterocycles. The van der Waals surface area contributed by atoms with Gasteiger partial charge in [-0.3, -0.25) is 0 Å². The Morgan fingerprint density at radius 2 is 1.60 bits per heavy atom. The van der Waals surface area contributed by atoms with Gasteiger partial charge in [0.2, 0.25) is 0 Å². The van der Waals surface area contributed by atoms with E-state index in [1.54, 1.807) is 0 Å². The van der Waals surface area contributed by atoms with Crippen LogP contribution in [0.4, 0.5) is 0 Å². The standard InChI is InChI=1S/C12H26N2O/c1-13(2)9-4-10-14(3)11-5-7-12(15)8-6-11/h11-12,15H,4-10H2,1-3H3. The normalized spacial score (nSPS) is 27.6. The van der Waals surface area contributed by atoms with Crippen molar-refractivity contribution in [2.45, 2.75) is 44.2 Å². The van der Waals surface area contributed by atoms with Gasteiger partial charge in [-0.05, 0) is 66.3 Å². The first kappa shape index (κ1) is 12.9. The third kappa shape index (κ3) is 4.96. The minimum atomic E-state index is -0.0311. The molecular formula is C12H26N2O. The minimum Gasteiger partial charge on any atom is -0.393 e. The predicted octanol–water partition coefficient (Wildman–Crippen LogP) is 1.17. The third-order valence-electron chi connectivity index (χ3n) is 3.41. The van der Waals surface area contributed by atoms with Gasteiger partial charge >= 0.3 is 0 Å². The van der Waals surface area contributed by atoms with Crippen molar-refractivity contribution in [3.63, 3.8) is 0 Å². The maximum atomic E-state index is 9.43. The quantitative estimate of drug-likeness (QED) is 0.744. The minimum absolute atomic E-state index is 0.0311. The number of aliphatic hydroxyl groups excluding tert-OH is 1. The van der Waals surface area contributed by atoms with Gasteiger partial charge in [0.25, 0.3) is 0 Å². The van der Waals surface area contributed by atoms with Crippen molar-refractivity contribution in [3.05, 3.63) is 0 Å². The molecule has 0 radical (unpaired) electrons. The van der Waals surface area contributed by atoms with Crippen LogP contribution in [0, 0.1) is 0 Å². The highest BCUT2D eigenvalue weighted by molar-refractivity contribution is 4.77. The first-order valence-electron chi connectivity index (χ1n) is 6.12. The molecular weight excluding hydrogens is 188 g/mol. The second-order valence-electron chi connectivity index (χ2n) is 5.10. The topological polar surface area (TPSA) is 26.7 Å². The van der Waals surface area contributed by atoms with Crippen LogP contribution in [0.5, 0.6) is 0 Å². The van der Waals surface area contributed by atoms with Gasteiger partial charge in [0, 0.05) is 6.04 Å². The molecule has 90 valence electrons. The van der Waals surface area contributed by atoms with Gasteiger partial charge in [-0.2, -0.15) is 0 Å². The molecule has 0 aromatic heterocycles. The Kier molecular flexibility index (Phi) is 5.58. The second-order valence-corrected chi connectivity index (χ2v) is 5.10. The van der Waals surface area contributed by atoms with Crippen LogP contribution in [0.25, 0.3) is 0 Å². The lowest BCUT2D eigenvalue weighted by atomic mass is 9.92. The highest BCUT2D eigenvalue weighted by Crippen LogP contribution is 2.22. The van der Waals surface area contributed by atoms with E-state index in [4.69, 9.17) is 0 Å². The second kappa shape index (κ2) is 6.46. The molecule has 0 spiro atoms. The van der Waals surface area contributed by atoms with Crippen molar-refractivity contribution in [2.75, 3.05) is 34.2 Å². The monoisotopic (exact) mass is 214 g/mol. The van der Waals surface area contributed by atoms with E-state index in [2.05, 4.69) is 30.9 Å². The summed E-state index contributed by atoms with van der Waals surface area (Å²) < 4.78 is 0. The van der Waals surface area contributed by atoms with Crippen LogP contribution in [0.2, 0.25) is 0 Å². The number of hydrogen-bond donors (Lipinski definition) is 1. The molecule has 0 saturated heterocycles. The van der Waals surface area contributed by atoms with Gasteiger partial charge in [0.05, 0.1) is 6.10 Å². The van der Waals surface area contributed by atoms with Crippen LogP contribution in [-0.4, -0.2) is 61.3 Å². The number of aliphatic hydroxyl groups is 1. The molecule has 1 rings (SSSR count). The van der Waals surface area contributed by atoms with Crippen molar-refractivity contribution in [2.24, 2.45) is 0 Å². The lowest BCUT2D eigenvalue weighted by Crippen LogP contribution is -2.37. The van der Waals surface area contributed by atoms with Crippen molar-refractivity contribution in [1.29, 1.82) is 0 Å². The smallest absolute Gasteiger partial charge is 0.0541 e. The molecule has 1 saturated carbocycles. The molecule has 0 aromatic carbocycles. The van der Waals surface area contributed by atoms with Crippen molar-refractivity contribution in [3.8, 4) is 0 Å². The highest BCUT2D eigenvalue weighted by atomic mass is 16.3. The van der Waals surface area contributed by atoms with E-state index in [-0.39, 0.29) is 6.10 Å². The average Bonchev–Trinajstić information content (AvgIpc) is 2.18. The fourth-order valence-electron chi connectivity index (χ4n) is 2.32. The summed E-state index contributed by atoms with van der Waals surface area (Å²) in [7, 11) is 6.46. The number of nitrogens with zero attached hydrogens (tertiary/aromatic N) is 2. The first-order chi connectivity index (χ1) is 7.09. The van der Waals surface area contributed by atoms with Crippen LogP contribution in [0.3, 0.4) is 0 Å². The summed E-state index contributed by atoms with van der Waals surface area (Å²) >= 11 is 0. The van der Waals surface area contributed by atoms with Crippen LogP contribution in [-0.2, 0) is 0 Å². The molecule has 0 bridgehead atoms. The summed E-state index contributed by atoms with van der Waals surface area (Å²) in [6, 6.07) is 0.704. The van der Waals surface area contributed by atoms with Gasteiger partial charge in [-0.15, -0.1) is 0 Å². The molecule has 0 aromatic rings. The molecule has 3 heteroatoms. The van der Waals surface area contributed by atoms with Crippen molar-refractivity contribution >= 4 is 0 Å². The van der Waals surface area contributed by atoms with Gasteiger partial charge in [-0.25, -0.2) is 0 Å². The highest BCUT2D eigenvalue weighted by Gasteiger charge is 2.21. The number of hydrogen-bond acceptors (Lipinski definition) is 3. The average molecular weight is 214 g/mol. The Bertz CT molecular complexity index is 165. The summed E-state index contributed by atoms with van der Waals surface area (Å²) in [6.07, 6.45) is 5.52. The summed E-state index contributed by atoms with van der Waals surface area (Å²) in [5.41, 5.74) is 0. The lowest BCUT2D eigenvalue weighted by molar-refractivity contribution is 0.0831. The largest absolute Gasteiger partial charge is 0.393 e. The van der Waals surface area contributed by atoms with E-state index < -0.39 is 0 Å². The van der Waals surface area contributed by atoms with Gasteiger partial charge in [0.15, 0.2) is 0 Å². The molecule has 0 heterocycles. The van der Waals surface area contributed by atoms with E-state index >= 15 is 0 Å². The summed E-state index contributed by atoms with van der Waals surface area (Å²) in [4.78, 5) is 4.70. The van der Waals surface area contributed by atoms with Gasteiger partial charge in [-0.1, -0.05) is 0 Å². The Morgan fingerprint density at radius 1 is 1.00 bits per heavy atom. The van der Waals surface area contributed by atoms with E-state index in [0.29, 0.717) is 6.04 Å². The van der Waals surface area contributed by atoms with Gasteiger partial charge in [0.1, 0.15) is 0 Å². The van der Waals surface area contributed by atoms with E-state index in [1.807, 2.05) is 0 Å². The van der Waals surface area contributed by atoms with Crippen LogP contribution >= 0.6 is 0 Å².